The highest BCUT2D eigenvalue weighted by Crippen LogP contribution is 2.42. The largest absolute Gasteiger partial charge is 0.456 e. The third kappa shape index (κ3) is 4.94. The molecular formula is C51H30N4O2. The molecule has 0 fully saturated rings. The Hall–Kier alpha value is -7.83. The predicted octanol–water partition coefficient (Wildman–Crippen LogP) is 13.4. The first-order valence-corrected chi connectivity index (χ1v) is 19.0. The summed E-state index contributed by atoms with van der Waals surface area (Å²) in [5, 5.41) is 6.56. The molecule has 0 unspecified atom stereocenters. The molecule has 0 N–H and O–H groups in total. The summed E-state index contributed by atoms with van der Waals surface area (Å²) in [4.78, 5) is 15.0. The molecule has 6 nitrogen and oxygen atoms in total. The Morgan fingerprint density at radius 3 is 1.60 bits per heavy atom. The molecule has 0 saturated carbocycles. The fourth-order valence-corrected chi connectivity index (χ4v) is 8.48. The van der Waals surface area contributed by atoms with Crippen LogP contribution in [0.3, 0.4) is 0 Å². The maximum absolute atomic E-state index is 6.61. The van der Waals surface area contributed by atoms with Crippen molar-refractivity contribution in [3.05, 3.63) is 182 Å². The summed E-state index contributed by atoms with van der Waals surface area (Å²) in [5.41, 5.74) is 11.5. The first-order chi connectivity index (χ1) is 28.2. The second-order valence-corrected chi connectivity index (χ2v) is 14.4. The monoisotopic (exact) mass is 730 g/mol. The minimum absolute atomic E-state index is 0.594. The van der Waals surface area contributed by atoms with Gasteiger partial charge in [-0.1, -0.05) is 127 Å². The summed E-state index contributed by atoms with van der Waals surface area (Å²) in [6.45, 7) is 0. The molecule has 57 heavy (non-hydrogen) atoms. The van der Waals surface area contributed by atoms with E-state index < -0.39 is 0 Å². The van der Waals surface area contributed by atoms with Gasteiger partial charge in [0.25, 0.3) is 0 Å². The highest BCUT2D eigenvalue weighted by molar-refractivity contribution is 6.16. The van der Waals surface area contributed by atoms with E-state index in [1.165, 1.54) is 10.8 Å². The molecule has 0 spiro atoms. The van der Waals surface area contributed by atoms with Crippen LogP contribution in [0.5, 0.6) is 0 Å². The topological polar surface area (TPSA) is 69.9 Å². The first-order valence-electron chi connectivity index (χ1n) is 19.0. The van der Waals surface area contributed by atoms with Crippen LogP contribution >= 0.6 is 0 Å². The summed E-state index contributed by atoms with van der Waals surface area (Å²) < 4.78 is 15.5. The SMILES string of the molecule is c1ccc(-c2nc(-c3ccccc3)nc(-c3cccc4oc5cc(-c6ccc7oc8cccc(-n9c%10ccccc%10c%10ccccc%109)c8c7c6)ccc5c34)n2)cc1. The van der Waals surface area contributed by atoms with Gasteiger partial charge in [-0.25, -0.2) is 15.0 Å². The molecule has 0 radical (unpaired) electrons. The van der Waals surface area contributed by atoms with Crippen LogP contribution in [-0.4, -0.2) is 19.5 Å². The van der Waals surface area contributed by atoms with Crippen molar-refractivity contribution in [1.82, 2.24) is 19.5 Å². The summed E-state index contributed by atoms with van der Waals surface area (Å²) in [6.07, 6.45) is 0. The number of para-hydroxylation sites is 2. The third-order valence-corrected chi connectivity index (χ3v) is 11.1. The summed E-state index contributed by atoms with van der Waals surface area (Å²) in [5.74, 6) is 1.83. The van der Waals surface area contributed by atoms with E-state index in [0.29, 0.717) is 17.5 Å². The van der Waals surface area contributed by atoms with Crippen LogP contribution in [-0.2, 0) is 0 Å². The van der Waals surface area contributed by atoms with Crippen molar-refractivity contribution in [2.24, 2.45) is 0 Å². The van der Waals surface area contributed by atoms with Crippen LogP contribution in [0.1, 0.15) is 0 Å². The Morgan fingerprint density at radius 1 is 0.333 bits per heavy atom. The van der Waals surface area contributed by atoms with Gasteiger partial charge in [-0.15, -0.1) is 0 Å². The molecule has 0 bridgehead atoms. The van der Waals surface area contributed by atoms with Gasteiger partial charge in [0.2, 0.25) is 0 Å². The van der Waals surface area contributed by atoms with Gasteiger partial charge >= 0.3 is 0 Å². The summed E-state index contributed by atoms with van der Waals surface area (Å²) in [6, 6.07) is 62.6. The number of hydrogen-bond donors (Lipinski definition) is 0. The Balaban J connectivity index is 1.01. The zero-order valence-corrected chi connectivity index (χ0v) is 30.4. The second kappa shape index (κ2) is 12.3. The van der Waals surface area contributed by atoms with Gasteiger partial charge < -0.3 is 13.4 Å². The van der Waals surface area contributed by atoms with E-state index >= 15 is 0 Å². The molecule has 4 heterocycles. The van der Waals surface area contributed by atoms with E-state index in [-0.39, 0.29) is 0 Å². The Bertz CT molecular complexity index is 3410. The Kier molecular flexibility index (Phi) is 6.83. The van der Waals surface area contributed by atoms with Gasteiger partial charge in [-0.05, 0) is 65.7 Å². The molecule has 0 amide bonds. The van der Waals surface area contributed by atoms with E-state index in [9.17, 15) is 0 Å². The van der Waals surface area contributed by atoms with E-state index in [1.807, 2.05) is 72.8 Å². The highest BCUT2D eigenvalue weighted by atomic mass is 16.3. The number of aromatic nitrogens is 4. The molecule has 0 atom stereocenters. The molecule has 0 aliphatic rings. The Morgan fingerprint density at radius 2 is 0.895 bits per heavy atom. The van der Waals surface area contributed by atoms with Crippen molar-refractivity contribution in [2.75, 3.05) is 0 Å². The van der Waals surface area contributed by atoms with Crippen molar-refractivity contribution < 1.29 is 8.83 Å². The molecular weight excluding hydrogens is 701 g/mol. The molecule has 6 heteroatoms. The van der Waals surface area contributed by atoms with Crippen LogP contribution in [0.25, 0.3) is 117 Å². The van der Waals surface area contributed by atoms with E-state index in [0.717, 1.165) is 88.4 Å². The van der Waals surface area contributed by atoms with Gasteiger partial charge in [-0.2, -0.15) is 0 Å². The molecule has 12 aromatic rings. The van der Waals surface area contributed by atoms with Crippen molar-refractivity contribution in [2.45, 2.75) is 0 Å². The standard InChI is InChI=1S/C51H30N4O2/c1-3-13-31(14-4-1)49-52-50(32-15-5-2-6-16-32)54-51(53-49)38-19-11-23-44-47(38)37-27-25-34(30-46(37)57-44)33-26-28-43-39(29-33)48-42(22-12-24-45(48)56-43)55-40-20-9-7-17-35(40)36-18-8-10-21-41(36)55/h1-30H. The lowest BCUT2D eigenvalue weighted by Crippen LogP contribution is -2.00. The van der Waals surface area contributed by atoms with E-state index in [4.69, 9.17) is 23.8 Å². The molecule has 0 aliphatic carbocycles. The first kappa shape index (κ1) is 31.5. The van der Waals surface area contributed by atoms with Gasteiger partial charge in [-0.3, -0.25) is 0 Å². The molecule has 0 aliphatic heterocycles. The smallest absolute Gasteiger partial charge is 0.164 e. The van der Waals surface area contributed by atoms with Crippen molar-refractivity contribution >= 4 is 65.7 Å². The number of hydrogen-bond acceptors (Lipinski definition) is 5. The minimum atomic E-state index is 0.594. The van der Waals surface area contributed by atoms with Crippen LogP contribution in [0.2, 0.25) is 0 Å². The predicted molar refractivity (Wildman–Crippen MR) is 230 cm³/mol. The van der Waals surface area contributed by atoms with E-state index in [1.54, 1.807) is 0 Å². The number of furan rings is 2. The van der Waals surface area contributed by atoms with Crippen molar-refractivity contribution in [1.29, 1.82) is 0 Å². The van der Waals surface area contributed by atoms with Gasteiger partial charge in [0.1, 0.15) is 22.3 Å². The van der Waals surface area contributed by atoms with Gasteiger partial charge in [0.05, 0.1) is 22.1 Å². The number of benzene rings is 8. The lowest BCUT2D eigenvalue weighted by Gasteiger charge is -2.10. The Labute approximate surface area is 325 Å². The fraction of sp³-hybridized carbons (Fsp3) is 0. The average molecular weight is 731 g/mol. The van der Waals surface area contributed by atoms with Gasteiger partial charge in [0.15, 0.2) is 17.5 Å². The minimum Gasteiger partial charge on any atom is -0.456 e. The molecule has 4 aromatic heterocycles. The van der Waals surface area contributed by atoms with Crippen LogP contribution in [0, 0.1) is 0 Å². The quantitative estimate of drug-likeness (QED) is 0.176. The molecule has 12 rings (SSSR count). The lowest BCUT2D eigenvalue weighted by molar-refractivity contribution is 0.669. The third-order valence-electron chi connectivity index (χ3n) is 11.1. The number of nitrogens with zero attached hydrogens (tertiary/aromatic N) is 4. The normalized spacial score (nSPS) is 11.9. The maximum atomic E-state index is 6.61. The molecule has 266 valence electrons. The molecule has 8 aromatic carbocycles. The van der Waals surface area contributed by atoms with Crippen LogP contribution < -0.4 is 0 Å². The summed E-state index contributed by atoms with van der Waals surface area (Å²) in [7, 11) is 0. The van der Waals surface area contributed by atoms with Crippen LogP contribution in [0.15, 0.2) is 191 Å². The summed E-state index contributed by atoms with van der Waals surface area (Å²) >= 11 is 0. The average Bonchev–Trinajstić information content (AvgIpc) is 3.96. The van der Waals surface area contributed by atoms with Crippen LogP contribution in [0.4, 0.5) is 0 Å². The van der Waals surface area contributed by atoms with E-state index in [2.05, 4.69) is 114 Å². The number of rotatable bonds is 5. The van der Waals surface area contributed by atoms with Crippen molar-refractivity contribution in [3.8, 4) is 51.0 Å². The number of fused-ring (bicyclic) bond motifs is 9. The highest BCUT2D eigenvalue weighted by Gasteiger charge is 2.20. The lowest BCUT2D eigenvalue weighted by atomic mass is 9.99. The fourth-order valence-electron chi connectivity index (χ4n) is 8.48. The maximum Gasteiger partial charge on any atom is 0.164 e. The zero-order chi connectivity index (χ0) is 37.5. The molecule has 0 saturated heterocycles. The zero-order valence-electron chi connectivity index (χ0n) is 30.4. The second-order valence-electron chi connectivity index (χ2n) is 14.4. The van der Waals surface area contributed by atoms with Gasteiger partial charge in [0, 0.05) is 43.6 Å². The van der Waals surface area contributed by atoms with Crippen molar-refractivity contribution in [3.63, 3.8) is 0 Å².